The van der Waals surface area contributed by atoms with E-state index in [0.29, 0.717) is 11.5 Å². The molecule has 0 aliphatic carbocycles. The maximum absolute atomic E-state index is 12.2. The van der Waals surface area contributed by atoms with Crippen molar-refractivity contribution in [3.63, 3.8) is 0 Å². The number of hydrogen-bond acceptors (Lipinski definition) is 5. The molecular weight excluding hydrogens is 316 g/mol. The summed E-state index contributed by atoms with van der Waals surface area (Å²) in [5.41, 5.74) is 0.984. The smallest absolute Gasteiger partial charge is 0.297 e. The molecule has 0 N–H and O–H groups in total. The molecule has 3 rings (SSSR count). The molecule has 0 saturated carbocycles. The highest BCUT2D eigenvalue weighted by Crippen LogP contribution is 2.33. The van der Waals surface area contributed by atoms with Crippen molar-refractivity contribution in [1.82, 2.24) is 0 Å². The average molecular weight is 334 g/mol. The Morgan fingerprint density at radius 3 is 2.26 bits per heavy atom. The first-order valence-corrected chi connectivity index (χ1v) is 8.75. The van der Waals surface area contributed by atoms with Gasteiger partial charge in [0.1, 0.15) is 12.7 Å². The Labute approximate surface area is 135 Å². The topological polar surface area (TPSA) is 61.8 Å². The molecule has 0 unspecified atom stereocenters. The molecule has 1 heterocycles. The van der Waals surface area contributed by atoms with Gasteiger partial charge in [0.05, 0.1) is 4.90 Å². The molecule has 2 aromatic rings. The van der Waals surface area contributed by atoms with Crippen molar-refractivity contribution in [2.24, 2.45) is 0 Å². The second-order valence-electron chi connectivity index (χ2n) is 5.48. The number of benzene rings is 2. The lowest BCUT2D eigenvalue weighted by Gasteiger charge is -2.31. The van der Waals surface area contributed by atoms with Crippen LogP contribution in [0.4, 0.5) is 0 Å². The van der Waals surface area contributed by atoms with Gasteiger partial charge in [-0.2, -0.15) is 8.42 Å². The van der Waals surface area contributed by atoms with Crippen LogP contribution >= 0.6 is 0 Å². The van der Waals surface area contributed by atoms with E-state index in [4.69, 9.17) is 13.7 Å². The normalized spacial score (nSPS) is 20.3. The summed E-state index contributed by atoms with van der Waals surface area (Å²) in [6.07, 6.45) is -0.803. The molecule has 1 aliphatic rings. The van der Waals surface area contributed by atoms with Crippen LogP contribution < -0.4 is 9.47 Å². The Morgan fingerprint density at radius 2 is 1.61 bits per heavy atom. The lowest BCUT2D eigenvalue weighted by Crippen LogP contribution is -2.41. The molecule has 0 bridgehead atoms. The monoisotopic (exact) mass is 334 g/mol. The van der Waals surface area contributed by atoms with Crippen molar-refractivity contribution >= 4 is 10.1 Å². The summed E-state index contributed by atoms with van der Waals surface area (Å²) in [4.78, 5) is 0.132. The van der Waals surface area contributed by atoms with Gasteiger partial charge < -0.3 is 9.47 Å². The van der Waals surface area contributed by atoms with E-state index in [0.717, 1.165) is 5.56 Å². The van der Waals surface area contributed by atoms with E-state index < -0.39 is 16.2 Å². The van der Waals surface area contributed by atoms with Crippen molar-refractivity contribution < 1.29 is 22.1 Å². The van der Waals surface area contributed by atoms with Crippen LogP contribution in [-0.2, 0) is 14.3 Å². The highest BCUT2D eigenvalue weighted by Gasteiger charge is 2.30. The van der Waals surface area contributed by atoms with Crippen LogP contribution in [0.2, 0.25) is 0 Å². The Balaban J connectivity index is 1.69. The maximum Gasteiger partial charge on any atom is 0.297 e. The van der Waals surface area contributed by atoms with Crippen LogP contribution in [-0.4, -0.2) is 27.2 Å². The largest absolute Gasteiger partial charge is 0.483 e. The zero-order valence-corrected chi connectivity index (χ0v) is 13.7. The van der Waals surface area contributed by atoms with Crippen molar-refractivity contribution in [2.45, 2.75) is 31.0 Å². The number of hydrogen-bond donors (Lipinski definition) is 0. The van der Waals surface area contributed by atoms with Crippen LogP contribution in [0.5, 0.6) is 11.5 Å². The summed E-state index contributed by atoms with van der Waals surface area (Å²) >= 11 is 0. The van der Waals surface area contributed by atoms with Crippen LogP contribution in [0.1, 0.15) is 12.5 Å². The summed E-state index contributed by atoms with van der Waals surface area (Å²) in [6.45, 7) is 3.61. The lowest BCUT2D eigenvalue weighted by molar-refractivity contribution is 0.00570. The third-order valence-corrected chi connectivity index (χ3v) is 4.96. The van der Waals surface area contributed by atoms with Gasteiger partial charge in [-0.3, -0.25) is 4.18 Å². The molecule has 0 aromatic heterocycles. The molecule has 2 atom stereocenters. The van der Waals surface area contributed by atoms with Crippen molar-refractivity contribution in [1.29, 1.82) is 0 Å². The van der Waals surface area contributed by atoms with Crippen molar-refractivity contribution in [3.8, 4) is 11.5 Å². The lowest BCUT2D eigenvalue weighted by atomic mass is 10.2. The van der Waals surface area contributed by atoms with E-state index in [-0.39, 0.29) is 17.6 Å². The van der Waals surface area contributed by atoms with Crippen LogP contribution in [0.3, 0.4) is 0 Å². The molecular formula is C17H18O5S. The van der Waals surface area contributed by atoms with Crippen LogP contribution in [0.15, 0.2) is 53.4 Å². The summed E-state index contributed by atoms with van der Waals surface area (Å²) < 4.78 is 41.1. The molecule has 23 heavy (non-hydrogen) atoms. The molecule has 1 aliphatic heterocycles. The minimum atomic E-state index is -3.81. The SMILES string of the molecule is Cc1ccc(S(=O)(=O)OC[C@@H]2Oc3ccccc3O[C@H]2C)cc1. The Morgan fingerprint density at radius 1 is 1.00 bits per heavy atom. The average Bonchev–Trinajstić information content (AvgIpc) is 2.53. The van der Waals surface area contributed by atoms with E-state index in [1.54, 1.807) is 18.2 Å². The number of rotatable bonds is 4. The fourth-order valence-corrected chi connectivity index (χ4v) is 3.20. The predicted octanol–water partition coefficient (Wildman–Crippen LogP) is 2.93. The quantitative estimate of drug-likeness (QED) is 0.805. The van der Waals surface area contributed by atoms with Crippen LogP contribution in [0.25, 0.3) is 0 Å². The fourth-order valence-electron chi connectivity index (χ4n) is 2.28. The summed E-state index contributed by atoms with van der Waals surface area (Å²) in [5, 5.41) is 0. The summed E-state index contributed by atoms with van der Waals surface area (Å²) in [5.74, 6) is 1.24. The van der Waals surface area contributed by atoms with Gasteiger partial charge in [-0.1, -0.05) is 29.8 Å². The molecule has 6 heteroatoms. The highest BCUT2D eigenvalue weighted by molar-refractivity contribution is 7.86. The van der Waals surface area contributed by atoms with Crippen molar-refractivity contribution in [2.75, 3.05) is 6.61 Å². The first kappa shape index (κ1) is 15.8. The number of fused-ring (bicyclic) bond motifs is 1. The number of aryl methyl sites for hydroxylation is 1. The maximum atomic E-state index is 12.2. The fraction of sp³-hybridized carbons (Fsp3) is 0.294. The van der Waals surface area contributed by atoms with E-state index in [1.807, 2.05) is 32.0 Å². The third kappa shape index (κ3) is 3.48. The zero-order chi connectivity index (χ0) is 16.4. The van der Waals surface area contributed by atoms with Gasteiger partial charge >= 0.3 is 0 Å². The first-order valence-electron chi connectivity index (χ1n) is 7.34. The first-order chi connectivity index (χ1) is 11.0. The summed E-state index contributed by atoms with van der Waals surface area (Å²) in [7, 11) is -3.81. The molecule has 122 valence electrons. The van der Waals surface area contributed by atoms with E-state index in [1.165, 1.54) is 12.1 Å². The molecule has 5 nitrogen and oxygen atoms in total. The van der Waals surface area contributed by atoms with E-state index >= 15 is 0 Å². The molecule has 0 spiro atoms. The second-order valence-corrected chi connectivity index (χ2v) is 7.09. The molecule has 0 fully saturated rings. The van der Waals surface area contributed by atoms with Crippen molar-refractivity contribution in [3.05, 3.63) is 54.1 Å². The molecule has 0 radical (unpaired) electrons. The predicted molar refractivity (Wildman–Crippen MR) is 85.3 cm³/mol. The molecule has 0 saturated heterocycles. The Bertz CT molecular complexity index is 783. The van der Waals surface area contributed by atoms with E-state index in [9.17, 15) is 8.42 Å². The van der Waals surface area contributed by atoms with Gasteiger partial charge in [-0.15, -0.1) is 0 Å². The van der Waals surface area contributed by atoms with E-state index in [2.05, 4.69) is 0 Å². The second kappa shape index (κ2) is 6.22. The Hall–Kier alpha value is -2.05. The van der Waals surface area contributed by atoms with Crippen LogP contribution in [0, 0.1) is 6.92 Å². The van der Waals surface area contributed by atoms with Gasteiger partial charge in [0, 0.05) is 0 Å². The minimum absolute atomic E-state index is 0.105. The molecule has 2 aromatic carbocycles. The molecule has 0 amide bonds. The number of ether oxygens (including phenoxy) is 2. The minimum Gasteiger partial charge on any atom is -0.483 e. The summed E-state index contributed by atoms with van der Waals surface area (Å²) in [6, 6.07) is 13.8. The third-order valence-electron chi connectivity index (χ3n) is 3.66. The highest BCUT2D eigenvalue weighted by atomic mass is 32.2. The van der Waals surface area contributed by atoms with Gasteiger partial charge in [0.15, 0.2) is 17.6 Å². The van der Waals surface area contributed by atoms with Gasteiger partial charge in [-0.25, -0.2) is 0 Å². The number of para-hydroxylation sites is 2. The van der Waals surface area contributed by atoms with Gasteiger partial charge in [0.2, 0.25) is 0 Å². The standard InChI is InChI=1S/C17H18O5S/c1-12-7-9-14(10-8-12)23(18,19)20-11-17-13(2)21-15-5-3-4-6-16(15)22-17/h3-10,13,17H,11H2,1-2H3/t13-,17-/m0/s1. The zero-order valence-electron chi connectivity index (χ0n) is 12.9. The van der Waals surface area contributed by atoms with Gasteiger partial charge in [-0.05, 0) is 38.1 Å². The van der Waals surface area contributed by atoms with Gasteiger partial charge in [0.25, 0.3) is 10.1 Å². The Kier molecular flexibility index (Phi) is 4.28.